The Morgan fingerprint density at radius 1 is 1.10 bits per heavy atom. The number of carbonyl (C=O) groups excluding carboxylic acids is 2. The van der Waals surface area contributed by atoms with Gasteiger partial charge in [-0.05, 0) is 49.2 Å². The van der Waals surface area contributed by atoms with Crippen LogP contribution >= 0.6 is 0 Å². The molecular formula is C21H23N3O5. The van der Waals surface area contributed by atoms with Crippen molar-refractivity contribution in [3.8, 4) is 5.75 Å². The summed E-state index contributed by atoms with van der Waals surface area (Å²) in [5, 5.41) is 13.8. The van der Waals surface area contributed by atoms with E-state index < -0.39 is 10.8 Å². The first kappa shape index (κ1) is 20.3. The topological polar surface area (TPSA) is 102 Å². The minimum atomic E-state index is -0.651. The molecule has 0 atom stereocenters. The lowest BCUT2D eigenvalue weighted by atomic mass is 10.2. The largest absolute Gasteiger partial charge is 0.477 e. The zero-order chi connectivity index (χ0) is 20.6. The van der Waals surface area contributed by atoms with E-state index in [9.17, 15) is 19.7 Å². The van der Waals surface area contributed by atoms with Gasteiger partial charge in [0.25, 0.3) is 5.91 Å². The van der Waals surface area contributed by atoms with Crippen molar-refractivity contribution < 1.29 is 19.2 Å². The quantitative estimate of drug-likeness (QED) is 0.433. The average molecular weight is 397 g/mol. The Balaban J connectivity index is 1.57. The van der Waals surface area contributed by atoms with Gasteiger partial charge in [0, 0.05) is 36.1 Å². The molecule has 152 valence electrons. The third-order valence-corrected chi connectivity index (χ3v) is 4.80. The van der Waals surface area contributed by atoms with Crippen LogP contribution in [0.3, 0.4) is 0 Å². The number of nitrogens with one attached hydrogen (secondary N) is 1. The number of hydrogen-bond donors (Lipinski definition) is 1. The number of nitro groups is 1. The molecule has 1 N–H and O–H groups in total. The molecule has 8 heteroatoms. The Bertz CT molecular complexity index is 874. The minimum Gasteiger partial charge on any atom is -0.477 e. The molecule has 1 amide bonds. The smallest absolute Gasteiger partial charge is 0.311 e. The Hall–Kier alpha value is -3.42. The molecule has 0 unspecified atom stereocenters. The van der Waals surface area contributed by atoms with Crippen LogP contribution < -0.4 is 15.0 Å². The molecule has 1 aliphatic rings. The molecule has 0 spiro atoms. The highest BCUT2D eigenvalue weighted by atomic mass is 16.6. The van der Waals surface area contributed by atoms with Crippen molar-refractivity contribution >= 4 is 29.3 Å². The van der Waals surface area contributed by atoms with Crippen molar-refractivity contribution in [1.29, 1.82) is 0 Å². The Morgan fingerprint density at radius 2 is 1.79 bits per heavy atom. The van der Waals surface area contributed by atoms with Gasteiger partial charge < -0.3 is 15.0 Å². The Morgan fingerprint density at radius 3 is 2.41 bits per heavy atom. The van der Waals surface area contributed by atoms with E-state index in [1.807, 2.05) is 24.3 Å². The van der Waals surface area contributed by atoms with Crippen LogP contribution in [0.4, 0.5) is 17.1 Å². The molecule has 1 saturated heterocycles. The molecule has 1 heterocycles. The van der Waals surface area contributed by atoms with Crippen LogP contribution in [0.2, 0.25) is 0 Å². The van der Waals surface area contributed by atoms with E-state index in [0.29, 0.717) is 12.0 Å². The second-order valence-corrected chi connectivity index (χ2v) is 6.89. The molecule has 0 aliphatic carbocycles. The maximum atomic E-state index is 12.1. The van der Waals surface area contributed by atoms with Gasteiger partial charge >= 0.3 is 5.69 Å². The standard InChI is InChI=1S/C21H23N3O5/c25-14-16-5-10-20(19(13-16)24(27)28)29-15-21(26)22-17-6-8-18(9-7-17)23-11-3-1-2-4-12-23/h5-10,13-14H,1-4,11-12,15H2,(H,22,26). The molecule has 2 aromatic carbocycles. The number of anilines is 2. The first-order valence-corrected chi connectivity index (χ1v) is 9.58. The van der Waals surface area contributed by atoms with Crippen LogP contribution in [0.15, 0.2) is 42.5 Å². The molecule has 0 aromatic heterocycles. The lowest BCUT2D eigenvalue weighted by molar-refractivity contribution is -0.385. The van der Waals surface area contributed by atoms with E-state index in [0.717, 1.165) is 24.8 Å². The number of nitrogens with zero attached hydrogens (tertiary/aromatic N) is 2. The van der Waals surface area contributed by atoms with Crippen LogP contribution in [0.1, 0.15) is 36.0 Å². The summed E-state index contributed by atoms with van der Waals surface area (Å²) in [7, 11) is 0. The molecule has 1 aliphatic heterocycles. The normalized spacial score (nSPS) is 14.0. The first-order chi connectivity index (χ1) is 14.1. The number of rotatable bonds is 7. The Labute approximate surface area is 168 Å². The van der Waals surface area contributed by atoms with Gasteiger partial charge in [-0.3, -0.25) is 19.7 Å². The minimum absolute atomic E-state index is 0.0627. The summed E-state index contributed by atoms with van der Waals surface area (Å²) < 4.78 is 5.29. The fourth-order valence-corrected chi connectivity index (χ4v) is 3.30. The molecule has 8 nitrogen and oxygen atoms in total. The van der Waals surface area contributed by atoms with Gasteiger partial charge in [0.15, 0.2) is 12.4 Å². The fraction of sp³-hybridized carbons (Fsp3) is 0.333. The van der Waals surface area contributed by atoms with Gasteiger partial charge in [0.1, 0.15) is 6.29 Å². The molecule has 0 bridgehead atoms. The maximum Gasteiger partial charge on any atom is 0.311 e. The van der Waals surface area contributed by atoms with Crippen molar-refractivity contribution in [1.82, 2.24) is 0 Å². The van der Waals surface area contributed by atoms with Gasteiger partial charge in [0.05, 0.1) is 4.92 Å². The monoisotopic (exact) mass is 397 g/mol. The van der Waals surface area contributed by atoms with E-state index in [-0.39, 0.29) is 23.6 Å². The second kappa shape index (κ2) is 9.68. The summed E-state index contributed by atoms with van der Waals surface area (Å²) in [5.74, 6) is -0.492. The highest BCUT2D eigenvalue weighted by molar-refractivity contribution is 5.92. The van der Waals surface area contributed by atoms with Crippen molar-refractivity contribution in [3.63, 3.8) is 0 Å². The number of amides is 1. The third kappa shape index (κ3) is 5.54. The van der Waals surface area contributed by atoms with E-state index >= 15 is 0 Å². The number of carbonyl (C=O) groups is 2. The molecule has 0 saturated carbocycles. The van der Waals surface area contributed by atoms with Gasteiger partial charge in [-0.2, -0.15) is 0 Å². The zero-order valence-electron chi connectivity index (χ0n) is 16.0. The summed E-state index contributed by atoms with van der Waals surface area (Å²) in [6.45, 7) is 1.71. The summed E-state index contributed by atoms with van der Waals surface area (Å²) in [4.78, 5) is 35.7. The lowest BCUT2D eigenvalue weighted by Crippen LogP contribution is -2.24. The summed E-state index contributed by atoms with van der Waals surface area (Å²) in [5.41, 5.74) is 1.57. The number of hydrogen-bond acceptors (Lipinski definition) is 6. The number of ether oxygens (including phenoxy) is 1. The Kier molecular flexibility index (Phi) is 6.78. The second-order valence-electron chi connectivity index (χ2n) is 6.89. The zero-order valence-corrected chi connectivity index (χ0v) is 16.0. The van der Waals surface area contributed by atoms with Gasteiger partial charge in [-0.15, -0.1) is 0 Å². The van der Waals surface area contributed by atoms with E-state index in [4.69, 9.17) is 4.74 Å². The van der Waals surface area contributed by atoms with Gasteiger partial charge in [-0.1, -0.05) is 12.8 Å². The number of nitro benzene ring substituents is 1. The van der Waals surface area contributed by atoms with Crippen molar-refractivity contribution in [2.45, 2.75) is 25.7 Å². The number of aldehydes is 1. The van der Waals surface area contributed by atoms with Crippen LogP contribution in [0.25, 0.3) is 0 Å². The van der Waals surface area contributed by atoms with Crippen molar-refractivity contribution in [2.75, 3.05) is 29.9 Å². The van der Waals surface area contributed by atoms with E-state index in [1.165, 1.54) is 37.8 Å². The molecule has 3 rings (SSSR count). The molecule has 1 fully saturated rings. The SMILES string of the molecule is O=Cc1ccc(OCC(=O)Nc2ccc(N3CCCCCC3)cc2)c([N+](=O)[O-])c1. The predicted molar refractivity (Wildman–Crippen MR) is 110 cm³/mol. The number of benzene rings is 2. The molecule has 29 heavy (non-hydrogen) atoms. The molecule has 2 aromatic rings. The maximum absolute atomic E-state index is 12.1. The molecular weight excluding hydrogens is 374 g/mol. The van der Waals surface area contributed by atoms with E-state index in [2.05, 4.69) is 10.2 Å². The predicted octanol–water partition coefficient (Wildman–Crippen LogP) is 3.81. The molecule has 0 radical (unpaired) electrons. The van der Waals surface area contributed by atoms with Gasteiger partial charge in [-0.25, -0.2) is 0 Å². The third-order valence-electron chi connectivity index (χ3n) is 4.80. The summed E-state index contributed by atoms with van der Waals surface area (Å²) in [6, 6.07) is 11.4. The van der Waals surface area contributed by atoms with Crippen LogP contribution in [-0.2, 0) is 4.79 Å². The fourth-order valence-electron chi connectivity index (χ4n) is 3.30. The van der Waals surface area contributed by atoms with Crippen molar-refractivity contribution in [3.05, 3.63) is 58.1 Å². The summed E-state index contributed by atoms with van der Waals surface area (Å²) in [6.07, 6.45) is 5.42. The average Bonchev–Trinajstić information content (AvgIpc) is 3.02. The van der Waals surface area contributed by atoms with Crippen LogP contribution in [0, 0.1) is 10.1 Å². The van der Waals surface area contributed by atoms with Gasteiger partial charge in [0.2, 0.25) is 0 Å². The highest BCUT2D eigenvalue weighted by Crippen LogP contribution is 2.27. The van der Waals surface area contributed by atoms with Crippen LogP contribution in [-0.4, -0.2) is 36.8 Å². The van der Waals surface area contributed by atoms with Crippen molar-refractivity contribution in [2.24, 2.45) is 0 Å². The van der Waals surface area contributed by atoms with E-state index in [1.54, 1.807) is 0 Å². The first-order valence-electron chi connectivity index (χ1n) is 9.58. The summed E-state index contributed by atoms with van der Waals surface area (Å²) >= 11 is 0. The highest BCUT2D eigenvalue weighted by Gasteiger charge is 2.17. The van der Waals surface area contributed by atoms with Crippen LogP contribution in [0.5, 0.6) is 5.75 Å². The lowest BCUT2D eigenvalue weighted by Gasteiger charge is -2.22.